The van der Waals surface area contributed by atoms with Crippen LogP contribution in [0.2, 0.25) is 0 Å². The molecule has 168 valence electrons. The first-order valence-electron chi connectivity index (χ1n) is 11.1. The number of nitrogens with zero attached hydrogens (tertiary/aromatic N) is 4. The number of piperazine rings is 1. The first kappa shape index (κ1) is 22.0. The second-order valence-electron chi connectivity index (χ2n) is 8.38. The van der Waals surface area contributed by atoms with E-state index in [-0.39, 0.29) is 5.91 Å². The summed E-state index contributed by atoms with van der Waals surface area (Å²) in [6, 6.07) is 18.0. The third-order valence-electron chi connectivity index (χ3n) is 6.20. The quantitative estimate of drug-likeness (QED) is 0.350. The van der Waals surface area contributed by atoms with Crippen molar-refractivity contribution in [2.24, 2.45) is 0 Å². The van der Waals surface area contributed by atoms with Gasteiger partial charge in [-0.1, -0.05) is 52.3 Å². The SMILES string of the molecule is Cc1sc2nc(Cc3ccccc3)nc(N3CCN(C(=O)c4cccc(Br)c4)CC3)c2c1C. The highest BCUT2D eigenvalue weighted by molar-refractivity contribution is 9.10. The van der Waals surface area contributed by atoms with Gasteiger partial charge in [-0.3, -0.25) is 4.79 Å². The Morgan fingerprint density at radius 2 is 1.76 bits per heavy atom. The number of benzene rings is 2. The van der Waals surface area contributed by atoms with E-state index in [9.17, 15) is 4.79 Å². The standard InChI is InChI=1S/C26H25BrN4OS/c1-17-18(2)33-25-23(17)24(28-22(29-25)15-19-7-4-3-5-8-19)30-11-13-31(14-12-30)26(32)20-9-6-10-21(27)16-20/h3-10,16H,11-15H2,1-2H3. The molecule has 5 nitrogen and oxygen atoms in total. The summed E-state index contributed by atoms with van der Waals surface area (Å²) in [5.74, 6) is 1.93. The van der Waals surface area contributed by atoms with Crippen molar-refractivity contribution in [1.82, 2.24) is 14.9 Å². The van der Waals surface area contributed by atoms with Crippen molar-refractivity contribution in [3.8, 4) is 0 Å². The Labute approximate surface area is 206 Å². The highest BCUT2D eigenvalue weighted by atomic mass is 79.9. The predicted octanol–water partition coefficient (Wildman–Crippen LogP) is 5.62. The maximum Gasteiger partial charge on any atom is 0.254 e. The third-order valence-corrected chi connectivity index (χ3v) is 7.79. The minimum absolute atomic E-state index is 0.0797. The van der Waals surface area contributed by atoms with Crippen LogP contribution in [0, 0.1) is 13.8 Å². The number of aromatic nitrogens is 2. The molecule has 0 spiro atoms. The molecule has 0 atom stereocenters. The lowest BCUT2D eigenvalue weighted by Crippen LogP contribution is -2.49. The molecule has 0 radical (unpaired) electrons. The number of anilines is 1. The van der Waals surface area contributed by atoms with E-state index in [2.05, 4.69) is 58.9 Å². The van der Waals surface area contributed by atoms with Gasteiger partial charge in [0.2, 0.25) is 0 Å². The van der Waals surface area contributed by atoms with Crippen LogP contribution in [0.1, 0.15) is 32.2 Å². The van der Waals surface area contributed by atoms with Gasteiger partial charge in [0.25, 0.3) is 5.91 Å². The summed E-state index contributed by atoms with van der Waals surface area (Å²) in [7, 11) is 0. The summed E-state index contributed by atoms with van der Waals surface area (Å²) in [6.07, 6.45) is 0.709. The summed E-state index contributed by atoms with van der Waals surface area (Å²) < 4.78 is 0.921. The minimum Gasteiger partial charge on any atom is -0.352 e. The number of amides is 1. The molecule has 33 heavy (non-hydrogen) atoms. The molecule has 7 heteroatoms. The van der Waals surface area contributed by atoms with Crippen LogP contribution >= 0.6 is 27.3 Å². The third kappa shape index (κ3) is 4.52. The molecule has 1 amide bonds. The van der Waals surface area contributed by atoms with Gasteiger partial charge in [-0.15, -0.1) is 11.3 Å². The zero-order chi connectivity index (χ0) is 22.9. The molecule has 3 heterocycles. The van der Waals surface area contributed by atoms with Crippen LogP contribution in [0.3, 0.4) is 0 Å². The summed E-state index contributed by atoms with van der Waals surface area (Å²) in [6.45, 7) is 7.16. The normalized spacial score (nSPS) is 14.2. The van der Waals surface area contributed by atoms with E-state index in [1.807, 2.05) is 35.2 Å². The largest absolute Gasteiger partial charge is 0.352 e. The number of thiophene rings is 1. The van der Waals surface area contributed by atoms with Crippen LogP contribution in [0.4, 0.5) is 5.82 Å². The van der Waals surface area contributed by atoms with Gasteiger partial charge < -0.3 is 9.80 Å². The van der Waals surface area contributed by atoms with Crippen LogP contribution in [-0.4, -0.2) is 47.0 Å². The molecule has 1 aliphatic rings. The van der Waals surface area contributed by atoms with Gasteiger partial charge in [-0.2, -0.15) is 0 Å². The molecule has 4 aromatic rings. The van der Waals surface area contributed by atoms with E-state index < -0.39 is 0 Å². The zero-order valence-corrected chi connectivity index (χ0v) is 21.1. The van der Waals surface area contributed by atoms with Gasteiger partial charge in [-0.25, -0.2) is 9.97 Å². The zero-order valence-electron chi connectivity index (χ0n) is 18.7. The van der Waals surface area contributed by atoms with Gasteiger partial charge in [0.15, 0.2) is 0 Å². The maximum absolute atomic E-state index is 13.0. The first-order valence-corrected chi connectivity index (χ1v) is 12.7. The van der Waals surface area contributed by atoms with E-state index in [1.165, 1.54) is 16.0 Å². The number of hydrogen-bond donors (Lipinski definition) is 0. The molecule has 0 aliphatic carbocycles. The minimum atomic E-state index is 0.0797. The van der Waals surface area contributed by atoms with Crippen molar-refractivity contribution < 1.29 is 4.79 Å². The van der Waals surface area contributed by atoms with E-state index in [0.717, 1.165) is 45.0 Å². The van der Waals surface area contributed by atoms with Gasteiger partial charge in [0, 0.05) is 47.5 Å². The van der Waals surface area contributed by atoms with E-state index >= 15 is 0 Å². The molecule has 0 bridgehead atoms. The molecular weight excluding hydrogens is 496 g/mol. The molecule has 0 saturated carbocycles. The second kappa shape index (κ2) is 9.23. The molecule has 2 aromatic heterocycles. The van der Waals surface area contributed by atoms with Crippen LogP contribution in [-0.2, 0) is 6.42 Å². The van der Waals surface area contributed by atoms with Crippen molar-refractivity contribution in [2.75, 3.05) is 31.1 Å². The highest BCUT2D eigenvalue weighted by Crippen LogP contribution is 2.35. The van der Waals surface area contributed by atoms with Crippen LogP contribution in [0.15, 0.2) is 59.1 Å². The first-order chi connectivity index (χ1) is 16.0. The predicted molar refractivity (Wildman–Crippen MR) is 138 cm³/mol. The van der Waals surface area contributed by atoms with Crippen molar-refractivity contribution >= 4 is 49.2 Å². The number of carbonyl (C=O) groups excluding carboxylic acids is 1. The van der Waals surface area contributed by atoms with E-state index in [4.69, 9.17) is 9.97 Å². The van der Waals surface area contributed by atoms with Crippen LogP contribution in [0.5, 0.6) is 0 Å². The molecule has 0 unspecified atom stereocenters. The van der Waals surface area contributed by atoms with E-state index in [1.54, 1.807) is 11.3 Å². The Hall–Kier alpha value is -2.77. The number of carbonyl (C=O) groups is 1. The molecule has 2 aromatic carbocycles. The average molecular weight is 521 g/mol. The Balaban J connectivity index is 1.41. The topological polar surface area (TPSA) is 49.3 Å². The molecular formula is C26H25BrN4OS. The Morgan fingerprint density at radius 1 is 1.00 bits per heavy atom. The lowest BCUT2D eigenvalue weighted by molar-refractivity contribution is 0.0746. The number of aryl methyl sites for hydroxylation is 2. The van der Waals surface area contributed by atoms with Gasteiger partial charge in [-0.05, 0) is 43.2 Å². The number of fused-ring (bicyclic) bond motifs is 1. The summed E-state index contributed by atoms with van der Waals surface area (Å²) >= 11 is 5.20. The van der Waals surface area contributed by atoms with Crippen molar-refractivity contribution in [1.29, 1.82) is 0 Å². The fourth-order valence-electron chi connectivity index (χ4n) is 4.28. The molecule has 0 N–H and O–H groups in total. The lowest BCUT2D eigenvalue weighted by Gasteiger charge is -2.36. The fraction of sp³-hybridized carbons (Fsp3) is 0.269. The number of hydrogen-bond acceptors (Lipinski definition) is 5. The highest BCUT2D eigenvalue weighted by Gasteiger charge is 2.26. The molecule has 1 fully saturated rings. The maximum atomic E-state index is 13.0. The van der Waals surface area contributed by atoms with Crippen molar-refractivity contribution in [3.63, 3.8) is 0 Å². The summed E-state index contributed by atoms with van der Waals surface area (Å²) in [4.78, 5) is 29.5. The van der Waals surface area contributed by atoms with Crippen LogP contribution in [0.25, 0.3) is 10.2 Å². The summed E-state index contributed by atoms with van der Waals surface area (Å²) in [5, 5.41) is 1.15. The van der Waals surface area contributed by atoms with Gasteiger partial charge in [0.05, 0.1) is 5.39 Å². The Kier molecular flexibility index (Phi) is 6.17. The van der Waals surface area contributed by atoms with Crippen LogP contribution < -0.4 is 4.90 Å². The monoisotopic (exact) mass is 520 g/mol. The molecule has 1 saturated heterocycles. The average Bonchev–Trinajstić information content (AvgIpc) is 3.12. The Bertz CT molecular complexity index is 1310. The van der Waals surface area contributed by atoms with Crippen molar-refractivity contribution in [2.45, 2.75) is 20.3 Å². The fourth-order valence-corrected chi connectivity index (χ4v) is 5.73. The Morgan fingerprint density at radius 3 is 2.48 bits per heavy atom. The molecule has 1 aliphatic heterocycles. The van der Waals surface area contributed by atoms with E-state index in [0.29, 0.717) is 19.5 Å². The molecule has 5 rings (SSSR count). The summed E-state index contributed by atoms with van der Waals surface area (Å²) in [5.41, 5.74) is 3.18. The van der Waals surface area contributed by atoms with Gasteiger partial charge >= 0.3 is 0 Å². The van der Waals surface area contributed by atoms with Gasteiger partial charge in [0.1, 0.15) is 16.5 Å². The van der Waals surface area contributed by atoms with Crippen molar-refractivity contribution in [3.05, 3.63) is 86.5 Å². The lowest BCUT2D eigenvalue weighted by atomic mass is 10.1. The smallest absolute Gasteiger partial charge is 0.254 e. The number of rotatable bonds is 4. The number of halogens is 1. The second-order valence-corrected chi connectivity index (χ2v) is 10.5.